The first kappa shape index (κ1) is 23.3. The van der Waals surface area contributed by atoms with E-state index in [-0.39, 0.29) is 6.42 Å². The van der Waals surface area contributed by atoms with Crippen LogP contribution in [-0.4, -0.2) is 46.5 Å². The number of benzene rings is 2. The standard InChI is InChI=1S/C25H29N7O2/c1-2-3-4-11-23-26-22(10-7-12-24(33)34)29-32(23)17-18-13-15-19(16-14-18)20-8-5-6-9-21(20)25-27-30-31-28-25/h5-6,8-9,13-16H,2-4,7,10-12,17H2,1H3,(H,33,34)(H,27,28,30,31). The number of nitrogens with one attached hydrogen (secondary N) is 1. The van der Waals surface area contributed by atoms with Gasteiger partial charge in [-0.1, -0.05) is 68.3 Å². The van der Waals surface area contributed by atoms with Gasteiger partial charge in [0.15, 0.2) is 11.6 Å². The van der Waals surface area contributed by atoms with Crippen molar-refractivity contribution < 1.29 is 9.90 Å². The fourth-order valence-corrected chi connectivity index (χ4v) is 3.95. The number of tetrazole rings is 1. The van der Waals surface area contributed by atoms with Gasteiger partial charge in [0, 0.05) is 24.8 Å². The van der Waals surface area contributed by atoms with Crippen molar-refractivity contribution in [2.45, 2.75) is 58.4 Å². The lowest BCUT2D eigenvalue weighted by Crippen LogP contribution is -2.07. The Kier molecular flexibility index (Phi) is 7.75. The minimum Gasteiger partial charge on any atom is -0.481 e. The van der Waals surface area contributed by atoms with Gasteiger partial charge in [0.05, 0.1) is 6.54 Å². The van der Waals surface area contributed by atoms with Crippen LogP contribution in [-0.2, 0) is 24.2 Å². The second-order valence-corrected chi connectivity index (χ2v) is 8.30. The summed E-state index contributed by atoms with van der Waals surface area (Å²) in [4.78, 5) is 15.6. The molecule has 4 rings (SSSR count). The fraction of sp³-hybridized carbons (Fsp3) is 0.360. The number of aromatic amines is 1. The van der Waals surface area contributed by atoms with E-state index in [1.165, 1.54) is 0 Å². The van der Waals surface area contributed by atoms with E-state index in [1.54, 1.807) is 0 Å². The van der Waals surface area contributed by atoms with Crippen molar-refractivity contribution in [3.8, 4) is 22.5 Å². The highest BCUT2D eigenvalue weighted by atomic mass is 16.4. The van der Waals surface area contributed by atoms with E-state index in [0.717, 1.165) is 59.6 Å². The van der Waals surface area contributed by atoms with Crippen LogP contribution in [0.15, 0.2) is 48.5 Å². The van der Waals surface area contributed by atoms with E-state index in [9.17, 15) is 4.79 Å². The molecule has 0 fully saturated rings. The van der Waals surface area contributed by atoms with Crippen LogP contribution in [0, 0.1) is 0 Å². The van der Waals surface area contributed by atoms with Gasteiger partial charge in [-0.25, -0.2) is 14.8 Å². The predicted molar refractivity (Wildman–Crippen MR) is 128 cm³/mol. The Morgan fingerprint density at radius 3 is 2.50 bits per heavy atom. The Balaban J connectivity index is 1.51. The van der Waals surface area contributed by atoms with Crippen LogP contribution in [0.3, 0.4) is 0 Å². The molecule has 9 nitrogen and oxygen atoms in total. The molecular formula is C25H29N7O2. The zero-order valence-electron chi connectivity index (χ0n) is 19.3. The van der Waals surface area contributed by atoms with Gasteiger partial charge in [-0.2, -0.15) is 5.10 Å². The van der Waals surface area contributed by atoms with Crippen molar-refractivity contribution in [1.82, 2.24) is 35.4 Å². The normalized spacial score (nSPS) is 11.1. The Bertz CT molecular complexity index is 1200. The molecule has 0 amide bonds. The molecule has 0 bridgehead atoms. The number of aryl methyl sites for hydroxylation is 2. The Hall–Kier alpha value is -3.88. The number of aliphatic carboxylic acids is 1. The second kappa shape index (κ2) is 11.3. The number of hydrogen-bond donors (Lipinski definition) is 2. The molecule has 0 aliphatic heterocycles. The number of carboxylic acid groups (broad SMARTS) is 1. The van der Waals surface area contributed by atoms with Crippen LogP contribution in [0.2, 0.25) is 0 Å². The number of rotatable bonds is 12. The van der Waals surface area contributed by atoms with Crippen LogP contribution < -0.4 is 0 Å². The number of aromatic nitrogens is 7. The van der Waals surface area contributed by atoms with Gasteiger partial charge >= 0.3 is 5.97 Å². The maximum absolute atomic E-state index is 10.8. The molecule has 176 valence electrons. The Labute approximate surface area is 198 Å². The van der Waals surface area contributed by atoms with Gasteiger partial charge in [0.1, 0.15) is 5.82 Å². The summed E-state index contributed by atoms with van der Waals surface area (Å²) in [5.41, 5.74) is 4.20. The quantitative estimate of drug-likeness (QED) is 0.303. The van der Waals surface area contributed by atoms with Crippen LogP contribution in [0.25, 0.3) is 22.5 Å². The van der Waals surface area contributed by atoms with E-state index >= 15 is 0 Å². The summed E-state index contributed by atoms with van der Waals surface area (Å²) in [6.45, 7) is 2.81. The van der Waals surface area contributed by atoms with Gasteiger partial charge in [0.2, 0.25) is 0 Å². The first-order valence-electron chi connectivity index (χ1n) is 11.7. The molecule has 2 heterocycles. The maximum Gasteiger partial charge on any atom is 0.303 e. The van der Waals surface area contributed by atoms with E-state index in [1.807, 2.05) is 22.9 Å². The molecule has 2 N–H and O–H groups in total. The highest BCUT2D eigenvalue weighted by Crippen LogP contribution is 2.29. The number of unbranched alkanes of at least 4 members (excludes halogenated alkanes) is 2. The molecule has 0 aliphatic carbocycles. The Morgan fingerprint density at radius 2 is 1.79 bits per heavy atom. The van der Waals surface area contributed by atoms with Crippen molar-refractivity contribution in [3.63, 3.8) is 0 Å². The summed E-state index contributed by atoms with van der Waals surface area (Å²) in [6.07, 6.45) is 5.48. The fourth-order valence-electron chi connectivity index (χ4n) is 3.95. The monoisotopic (exact) mass is 459 g/mol. The SMILES string of the molecule is CCCCCc1nc(CCCC(=O)O)nn1Cc1ccc(-c2ccccc2-c2nnn[nH]2)cc1. The number of carboxylic acids is 1. The molecule has 0 spiro atoms. The van der Waals surface area contributed by atoms with Crippen molar-refractivity contribution in [1.29, 1.82) is 0 Å². The maximum atomic E-state index is 10.8. The first-order valence-corrected chi connectivity index (χ1v) is 11.7. The molecular weight excluding hydrogens is 430 g/mol. The summed E-state index contributed by atoms with van der Waals surface area (Å²) < 4.78 is 1.97. The smallest absolute Gasteiger partial charge is 0.303 e. The second-order valence-electron chi connectivity index (χ2n) is 8.30. The number of carbonyl (C=O) groups is 1. The van der Waals surface area contributed by atoms with Gasteiger partial charge in [-0.3, -0.25) is 4.79 Å². The van der Waals surface area contributed by atoms with Crippen LogP contribution >= 0.6 is 0 Å². The molecule has 9 heteroatoms. The largest absolute Gasteiger partial charge is 0.481 e. The van der Waals surface area contributed by atoms with Crippen molar-refractivity contribution >= 4 is 5.97 Å². The van der Waals surface area contributed by atoms with Crippen molar-refractivity contribution in [3.05, 3.63) is 65.7 Å². The van der Waals surface area contributed by atoms with Gasteiger partial charge in [-0.05, 0) is 40.0 Å². The summed E-state index contributed by atoms with van der Waals surface area (Å²) >= 11 is 0. The van der Waals surface area contributed by atoms with Gasteiger partial charge < -0.3 is 5.11 Å². The third kappa shape index (κ3) is 5.92. The summed E-state index contributed by atoms with van der Waals surface area (Å²) in [7, 11) is 0. The highest BCUT2D eigenvalue weighted by molar-refractivity contribution is 5.80. The van der Waals surface area contributed by atoms with E-state index in [0.29, 0.717) is 25.2 Å². The molecule has 0 radical (unpaired) electrons. The third-order valence-electron chi connectivity index (χ3n) is 5.71. The summed E-state index contributed by atoms with van der Waals surface area (Å²) in [5.74, 6) is 1.53. The van der Waals surface area contributed by atoms with Gasteiger partial charge in [0.25, 0.3) is 0 Å². The number of H-pyrrole nitrogens is 1. The topological polar surface area (TPSA) is 122 Å². The molecule has 2 aromatic heterocycles. The number of hydrogen-bond acceptors (Lipinski definition) is 6. The lowest BCUT2D eigenvalue weighted by atomic mass is 9.98. The number of nitrogens with zero attached hydrogens (tertiary/aromatic N) is 6. The minimum atomic E-state index is -0.788. The van der Waals surface area contributed by atoms with Crippen LogP contribution in [0.4, 0.5) is 0 Å². The van der Waals surface area contributed by atoms with E-state index in [2.05, 4.69) is 57.9 Å². The summed E-state index contributed by atoms with van der Waals surface area (Å²) in [5, 5.41) is 27.9. The third-order valence-corrected chi connectivity index (χ3v) is 5.71. The Morgan fingerprint density at radius 1 is 1.00 bits per heavy atom. The first-order chi connectivity index (χ1) is 16.6. The average Bonchev–Trinajstić information content (AvgIpc) is 3.50. The van der Waals surface area contributed by atoms with Crippen molar-refractivity contribution in [2.75, 3.05) is 0 Å². The molecule has 2 aromatic carbocycles. The zero-order chi connectivity index (χ0) is 23.8. The highest BCUT2D eigenvalue weighted by Gasteiger charge is 2.13. The lowest BCUT2D eigenvalue weighted by molar-refractivity contribution is -0.137. The zero-order valence-corrected chi connectivity index (χ0v) is 19.3. The molecule has 0 aliphatic rings. The molecule has 0 saturated heterocycles. The average molecular weight is 460 g/mol. The van der Waals surface area contributed by atoms with E-state index < -0.39 is 5.97 Å². The van der Waals surface area contributed by atoms with Crippen LogP contribution in [0.5, 0.6) is 0 Å². The van der Waals surface area contributed by atoms with Crippen LogP contribution in [0.1, 0.15) is 56.2 Å². The molecule has 34 heavy (non-hydrogen) atoms. The molecule has 0 saturated carbocycles. The molecule has 0 unspecified atom stereocenters. The van der Waals surface area contributed by atoms with Crippen molar-refractivity contribution in [2.24, 2.45) is 0 Å². The predicted octanol–water partition coefficient (Wildman–Crippen LogP) is 4.31. The minimum absolute atomic E-state index is 0.132. The molecule has 4 aromatic rings. The summed E-state index contributed by atoms with van der Waals surface area (Å²) in [6, 6.07) is 16.4. The molecule has 0 atom stereocenters. The van der Waals surface area contributed by atoms with Gasteiger partial charge in [-0.15, -0.1) is 5.10 Å². The van der Waals surface area contributed by atoms with E-state index in [4.69, 9.17) is 15.2 Å². The lowest BCUT2D eigenvalue weighted by Gasteiger charge is -2.09.